The van der Waals surface area contributed by atoms with E-state index in [2.05, 4.69) is 62.5 Å². The Hall–Kier alpha value is -1.54. The first-order valence-electron chi connectivity index (χ1n) is 18.6. The van der Waals surface area contributed by atoms with Crippen LogP contribution < -0.4 is 5.73 Å². The van der Waals surface area contributed by atoms with Crippen LogP contribution in [0.1, 0.15) is 149 Å². The number of carbonyl (C=O) groups excluding carboxylic acids is 1. The Morgan fingerprint density at radius 1 is 0.660 bits per heavy atom. The van der Waals surface area contributed by atoms with Gasteiger partial charge in [0.05, 0.1) is 19.8 Å². The van der Waals surface area contributed by atoms with Crippen LogP contribution in [0.5, 0.6) is 0 Å². The number of nitrogens with two attached hydrogens (primary N) is 1. The Morgan fingerprint density at radius 2 is 1.19 bits per heavy atom. The summed E-state index contributed by atoms with van der Waals surface area (Å²) in [5, 5.41) is 0. The number of carbonyl (C=O) groups is 1. The molecule has 274 valence electrons. The van der Waals surface area contributed by atoms with Crippen LogP contribution in [0.2, 0.25) is 0 Å². The summed E-state index contributed by atoms with van der Waals surface area (Å²) in [4.78, 5) is 22.3. The minimum atomic E-state index is -4.27. The van der Waals surface area contributed by atoms with Gasteiger partial charge in [-0.05, 0) is 64.2 Å². The standard InChI is InChI=1S/C38H70NO7P/c1-3-5-7-9-11-13-15-16-17-18-19-20-21-22-24-26-28-30-33-43-35-37(36-45-47(41,42)44-34-32-39)46-38(40)31-29-27-25-23-14-12-10-8-6-4-2/h5,7-8,10-11,13,16-17,37H,3-4,6,9,12,14-15,18-36,39H2,1-2H3,(H,41,42)/b7-5-,10-8-,13-11-,17-16-. The van der Waals surface area contributed by atoms with Gasteiger partial charge >= 0.3 is 13.8 Å². The van der Waals surface area contributed by atoms with Crippen molar-refractivity contribution in [2.45, 2.75) is 155 Å². The third-order valence-electron chi connectivity index (χ3n) is 7.46. The highest BCUT2D eigenvalue weighted by atomic mass is 31.2. The summed E-state index contributed by atoms with van der Waals surface area (Å²) in [5.41, 5.74) is 5.34. The number of hydrogen-bond donors (Lipinski definition) is 2. The van der Waals surface area contributed by atoms with Crippen LogP contribution >= 0.6 is 7.82 Å². The van der Waals surface area contributed by atoms with Crippen molar-refractivity contribution in [3.8, 4) is 0 Å². The maximum absolute atomic E-state index is 12.5. The summed E-state index contributed by atoms with van der Waals surface area (Å²) in [7, 11) is -4.27. The first-order chi connectivity index (χ1) is 22.9. The molecule has 0 spiro atoms. The Balaban J connectivity index is 4.07. The van der Waals surface area contributed by atoms with E-state index < -0.39 is 13.9 Å². The normalized spacial score (nSPS) is 14.2. The molecule has 0 aliphatic rings. The molecule has 9 heteroatoms. The quantitative estimate of drug-likeness (QED) is 0.0293. The molecule has 0 radical (unpaired) electrons. The minimum Gasteiger partial charge on any atom is -0.457 e. The van der Waals surface area contributed by atoms with Gasteiger partial charge in [0.2, 0.25) is 0 Å². The lowest BCUT2D eigenvalue weighted by Gasteiger charge is -2.20. The molecule has 0 bridgehead atoms. The fraction of sp³-hybridized carbons (Fsp3) is 0.763. The third kappa shape index (κ3) is 35.6. The highest BCUT2D eigenvalue weighted by molar-refractivity contribution is 7.47. The van der Waals surface area contributed by atoms with E-state index >= 15 is 0 Å². The smallest absolute Gasteiger partial charge is 0.457 e. The molecule has 0 amide bonds. The number of allylic oxidation sites excluding steroid dienone is 8. The highest BCUT2D eigenvalue weighted by Gasteiger charge is 2.25. The molecule has 0 aliphatic heterocycles. The molecule has 0 aliphatic carbocycles. The van der Waals surface area contributed by atoms with E-state index in [1.54, 1.807) is 0 Å². The lowest BCUT2D eigenvalue weighted by Crippen LogP contribution is -2.28. The van der Waals surface area contributed by atoms with Crippen LogP contribution in [0.15, 0.2) is 48.6 Å². The zero-order valence-electron chi connectivity index (χ0n) is 30.0. The average Bonchev–Trinajstić information content (AvgIpc) is 3.06. The predicted octanol–water partition coefficient (Wildman–Crippen LogP) is 10.5. The highest BCUT2D eigenvalue weighted by Crippen LogP contribution is 2.43. The van der Waals surface area contributed by atoms with Crippen molar-refractivity contribution in [3.05, 3.63) is 48.6 Å². The summed E-state index contributed by atoms with van der Waals surface area (Å²) in [5.74, 6) is -0.348. The van der Waals surface area contributed by atoms with Gasteiger partial charge < -0.3 is 20.1 Å². The number of phosphoric acid groups is 1. The molecular formula is C38H70NO7P. The molecule has 0 saturated carbocycles. The zero-order valence-corrected chi connectivity index (χ0v) is 30.9. The van der Waals surface area contributed by atoms with Crippen LogP contribution in [0.4, 0.5) is 0 Å². The van der Waals surface area contributed by atoms with Crippen LogP contribution in [0, 0.1) is 0 Å². The maximum atomic E-state index is 12.5. The fourth-order valence-electron chi connectivity index (χ4n) is 4.78. The largest absolute Gasteiger partial charge is 0.472 e. The van der Waals surface area contributed by atoms with Crippen molar-refractivity contribution in [3.63, 3.8) is 0 Å². The number of rotatable bonds is 35. The second kappa shape index (κ2) is 35.8. The van der Waals surface area contributed by atoms with Gasteiger partial charge in [-0.15, -0.1) is 0 Å². The molecule has 0 aromatic rings. The SMILES string of the molecule is CC/C=C\C/C=C\C/C=C\CCCCCCCCCCOCC(COP(=O)(O)OCCN)OC(=O)CCCCCCC/C=C\CCC. The van der Waals surface area contributed by atoms with Crippen molar-refractivity contribution in [2.24, 2.45) is 5.73 Å². The van der Waals surface area contributed by atoms with E-state index in [0.29, 0.717) is 13.0 Å². The summed E-state index contributed by atoms with van der Waals surface area (Å²) < 4.78 is 33.2. The number of hydrogen-bond acceptors (Lipinski definition) is 7. The topological polar surface area (TPSA) is 117 Å². The Kier molecular flexibility index (Phi) is 34.6. The molecule has 47 heavy (non-hydrogen) atoms. The second-order valence-electron chi connectivity index (χ2n) is 12.1. The molecule has 3 N–H and O–H groups in total. The van der Waals surface area contributed by atoms with Crippen molar-refractivity contribution in [2.75, 3.05) is 33.0 Å². The van der Waals surface area contributed by atoms with Gasteiger partial charge in [0.15, 0.2) is 0 Å². The van der Waals surface area contributed by atoms with E-state index in [-0.39, 0.29) is 32.3 Å². The van der Waals surface area contributed by atoms with Gasteiger partial charge in [0.25, 0.3) is 0 Å². The van der Waals surface area contributed by atoms with Crippen LogP contribution in [-0.2, 0) is 27.9 Å². The molecule has 0 saturated heterocycles. The second-order valence-corrected chi connectivity index (χ2v) is 13.5. The summed E-state index contributed by atoms with van der Waals surface area (Å²) in [6, 6.07) is 0. The Labute approximate surface area is 288 Å². The summed E-state index contributed by atoms with van der Waals surface area (Å²) >= 11 is 0. The van der Waals surface area contributed by atoms with Gasteiger partial charge in [-0.25, -0.2) is 4.57 Å². The molecule has 2 unspecified atom stereocenters. The molecular weight excluding hydrogens is 613 g/mol. The molecule has 0 heterocycles. The fourth-order valence-corrected chi connectivity index (χ4v) is 5.54. The molecule has 2 atom stereocenters. The van der Waals surface area contributed by atoms with E-state index in [1.807, 2.05) is 0 Å². The van der Waals surface area contributed by atoms with Crippen molar-refractivity contribution in [1.82, 2.24) is 0 Å². The lowest BCUT2D eigenvalue weighted by molar-refractivity contribution is -0.154. The van der Waals surface area contributed by atoms with Gasteiger partial charge in [-0.3, -0.25) is 13.8 Å². The number of unbranched alkanes of at least 4 members (excludes halogenated alkanes) is 14. The summed E-state index contributed by atoms with van der Waals surface area (Å²) in [6.45, 7) is 4.70. The van der Waals surface area contributed by atoms with Gasteiger partial charge in [-0.1, -0.05) is 127 Å². The lowest BCUT2D eigenvalue weighted by atomic mass is 10.1. The molecule has 0 fully saturated rings. The molecule has 8 nitrogen and oxygen atoms in total. The first-order valence-corrected chi connectivity index (χ1v) is 20.1. The minimum absolute atomic E-state index is 0.0960. The maximum Gasteiger partial charge on any atom is 0.472 e. The van der Waals surface area contributed by atoms with Crippen LogP contribution in [0.25, 0.3) is 0 Å². The Bertz CT molecular complexity index is 859. The molecule has 0 aromatic carbocycles. The zero-order chi connectivity index (χ0) is 34.5. The van der Waals surface area contributed by atoms with Gasteiger partial charge in [0, 0.05) is 19.6 Å². The van der Waals surface area contributed by atoms with Crippen molar-refractivity contribution in [1.29, 1.82) is 0 Å². The van der Waals surface area contributed by atoms with E-state index in [4.69, 9.17) is 24.3 Å². The number of esters is 1. The van der Waals surface area contributed by atoms with Crippen molar-refractivity contribution >= 4 is 13.8 Å². The van der Waals surface area contributed by atoms with Crippen LogP contribution in [-0.4, -0.2) is 49.9 Å². The van der Waals surface area contributed by atoms with E-state index in [0.717, 1.165) is 77.0 Å². The van der Waals surface area contributed by atoms with E-state index in [9.17, 15) is 14.3 Å². The van der Waals surface area contributed by atoms with Gasteiger partial charge in [-0.2, -0.15) is 0 Å². The number of phosphoric ester groups is 1. The first kappa shape index (κ1) is 45.5. The monoisotopic (exact) mass is 683 g/mol. The summed E-state index contributed by atoms with van der Waals surface area (Å²) in [6.07, 6.45) is 39.9. The van der Waals surface area contributed by atoms with E-state index in [1.165, 1.54) is 51.4 Å². The average molecular weight is 684 g/mol. The third-order valence-corrected chi connectivity index (χ3v) is 8.45. The molecule has 0 aromatic heterocycles. The van der Waals surface area contributed by atoms with Crippen molar-refractivity contribution < 1.29 is 32.8 Å². The van der Waals surface area contributed by atoms with Gasteiger partial charge in [0.1, 0.15) is 6.10 Å². The molecule has 0 rings (SSSR count). The van der Waals surface area contributed by atoms with Crippen LogP contribution in [0.3, 0.4) is 0 Å². The predicted molar refractivity (Wildman–Crippen MR) is 196 cm³/mol. The Morgan fingerprint density at radius 3 is 1.81 bits per heavy atom. The number of ether oxygens (including phenoxy) is 2.